The Bertz CT molecular complexity index is 596. The van der Waals surface area contributed by atoms with Crippen LogP contribution in [0.25, 0.3) is 10.9 Å². The Morgan fingerprint density at radius 1 is 1.17 bits per heavy atom. The van der Waals surface area contributed by atoms with E-state index in [0.29, 0.717) is 10.9 Å². The van der Waals surface area contributed by atoms with Gasteiger partial charge in [-0.2, -0.15) is 8.78 Å². The van der Waals surface area contributed by atoms with Crippen LogP contribution in [-0.4, -0.2) is 23.7 Å². The molecule has 0 bridgehead atoms. The zero-order valence-electron chi connectivity index (χ0n) is 8.95. The van der Waals surface area contributed by atoms with Gasteiger partial charge in [-0.25, -0.2) is 9.97 Å². The molecule has 0 fully saturated rings. The van der Waals surface area contributed by atoms with Gasteiger partial charge in [0, 0.05) is 11.5 Å². The Morgan fingerprint density at radius 2 is 1.89 bits per heavy atom. The van der Waals surface area contributed by atoms with Gasteiger partial charge in [-0.05, 0) is 17.7 Å². The second-order valence-corrected chi connectivity index (χ2v) is 3.88. The minimum Gasteiger partial charge on any atom is -0.493 e. The van der Waals surface area contributed by atoms with Crippen LogP contribution >= 0.6 is 23.2 Å². The van der Waals surface area contributed by atoms with E-state index in [1.807, 2.05) is 0 Å². The molecule has 0 saturated carbocycles. The number of hydrogen-bond acceptors (Lipinski definition) is 4. The number of aromatic nitrogens is 2. The molecule has 1 aromatic carbocycles. The van der Waals surface area contributed by atoms with E-state index in [1.54, 1.807) is 0 Å². The quantitative estimate of drug-likeness (QED) is 0.641. The van der Waals surface area contributed by atoms with Crippen molar-refractivity contribution >= 4 is 34.1 Å². The lowest BCUT2D eigenvalue weighted by atomic mass is 10.2. The van der Waals surface area contributed by atoms with Gasteiger partial charge in [-0.3, -0.25) is 0 Å². The number of hydrogen-bond donors (Lipinski definition) is 0. The van der Waals surface area contributed by atoms with Crippen LogP contribution in [0, 0.1) is 0 Å². The molecule has 0 aliphatic heterocycles. The molecule has 0 unspecified atom stereocenters. The zero-order chi connectivity index (χ0) is 13.3. The highest BCUT2D eigenvalue weighted by molar-refractivity contribution is 6.35. The van der Waals surface area contributed by atoms with Crippen molar-refractivity contribution in [1.82, 2.24) is 9.97 Å². The third-order valence-corrected chi connectivity index (χ3v) is 2.58. The average molecular weight is 295 g/mol. The lowest BCUT2D eigenvalue weighted by molar-refractivity contribution is -0.0511. The number of ether oxygens (including phenoxy) is 2. The second kappa shape index (κ2) is 5.07. The van der Waals surface area contributed by atoms with E-state index in [1.165, 1.54) is 19.2 Å². The van der Waals surface area contributed by atoms with Crippen LogP contribution < -0.4 is 9.47 Å². The summed E-state index contributed by atoms with van der Waals surface area (Å²) < 4.78 is 33.7. The van der Waals surface area contributed by atoms with Crippen LogP contribution in [0.4, 0.5) is 8.78 Å². The van der Waals surface area contributed by atoms with Crippen molar-refractivity contribution in [2.75, 3.05) is 7.11 Å². The maximum Gasteiger partial charge on any atom is 0.387 e. The summed E-state index contributed by atoms with van der Waals surface area (Å²) in [5, 5.41) is 0.348. The fourth-order valence-corrected chi connectivity index (χ4v) is 1.87. The summed E-state index contributed by atoms with van der Waals surface area (Å²) in [6.45, 7) is -2.97. The summed E-state index contributed by atoms with van der Waals surface area (Å²) >= 11 is 11.5. The summed E-state index contributed by atoms with van der Waals surface area (Å²) in [5.74, 6) is -0.0403. The van der Waals surface area contributed by atoms with Gasteiger partial charge in [0.25, 0.3) is 0 Å². The molecular formula is C10H6Cl2F2N2O2. The van der Waals surface area contributed by atoms with Crippen LogP contribution in [0.3, 0.4) is 0 Å². The highest BCUT2D eigenvalue weighted by atomic mass is 35.5. The number of methoxy groups -OCH3 is 1. The second-order valence-electron chi connectivity index (χ2n) is 3.18. The first-order valence-corrected chi connectivity index (χ1v) is 5.42. The van der Waals surface area contributed by atoms with Gasteiger partial charge in [0.1, 0.15) is 5.15 Å². The van der Waals surface area contributed by atoms with Crippen molar-refractivity contribution in [3.8, 4) is 11.5 Å². The predicted molar refractivity (Wildman–Crippen MR) is 62.7 cm³/mol. The number of fused-ring (bicyclic) bond motifs is 1. The first-order valence-electron chi connectivity index (χ1n) is 4.67. The van der Waals surface area contributed by atoms with E-state index in [4.69, 9.17) is 27.9 Å². The molecule has 0 saturated heterocycles. The summed E-state index contributed by atoms with van der Waals surface area (Å²) in [4.78, 5) is 7.63. The zero-order valence-corrected chi connectivity index (χ0v) is 10.5. The summed E-state index contributed by atoms with van der Waals surface area (Å²) in [5.41, 5.74) is 0.374. The van der Waals surface area contributed by atoms with Crippen LogP contribution in [0.2, 0.25) is 10.4 Å². The molecule has 0 aliphatic carbocycles. The topological polar surface area (TPSA) is 44.2 Å². The van der Waals surface area contributed by atoms with Crippen LogP contribution in [0.1, 0.15) is 0 Å². The monoisotopic (exact) mass is 294 g/mol. The molecule has 18 heavy (non-hydrogen) atoms. The lowest BCUT2D eigenvalue weighted by Gasteiger charge is -2.11. The normalized spacial score (nSPS) is 11.0. The molecule has 0 N–H and O–H groups in total. The molecule has 4 nitrogen and oxygen atoms in total. The van der Waals surface area contributed by atoms with E-state index < -0.39 is 6.61 Å². The van der Waals surface area contributed by atoms with E-state index in [9.17, 15) is 8.78 Å². The van der Waals surface area contributed by atoms with Crippen molar-refractivity contribution < 1.29 is 18.3 Å². The molecule has 2 aromatic rings. The molecule has 0 atom stereocenters. The maximum absolute atomic E-state index is 12.2. The molecule has 8 heteroatoms. The Kier molecular flexibility index (Phi) is 3.68. The summed E-state index contributed by atoms with van der Waals surface area (Å²) in [6, 6.07) is 2.67. The number of nitrogens with zero attached hydrogens (tertiary/aromatic N) is 2. The Hall–Kier alpha value is -1.40. The van der Waals surface area contributed by atoms with Gasteiger partial charge in [0.15, 0.2) is 11.5 Å². The van der Waals surface area contributed by atoms with Crippen molar-refractivity contribution in [3.63, 3.8) is 0 Å². The average Bonchev–Trinajstić information content (AvgIpc) is 2.28. The SMILES string of the molecule is COc1cc2nc(Cl)nc(Cl)c2cc1OC(F)F. The standard InChI is InChI=1S/C10H6Cl2F2N2O2/c1-17-6-3-5-4(2-7(6)18-10(13)14)8(11)16-9(12)15-5/h2-3,10H,1H3. The van der Waals surface area contributed by atoms with Crippen LogP contribution in [0.15, 0.2) is 12.1 Å². The first-order chi connectivity index (χ1) is 8.51. The lowest BCUT2D eigenvalue weighted by Crippen LogP contribution is -2.04. The van der Waals surface area contributed by atoms with E-state index in [2.05, 4.69) is 14.7 Å². The van der Waals surface area contributed by atoms with Gasteiger partial charge < -0.3 is 9.47 Å². The molecule has 0 aliphatic rings. The molecule has 0 radical (unpaired) electrons. The Morgan fingerprint density at radius 3 is 2.50 bits per heavy atom. The van der Waals surface area contributed by atoms with Gasteiger partial charge >= 0.3 is 6.61 Å². The van der Waals surface area contributed by atoms with Crippen molar-refractivity contribution in [2.24, 2.45) is 0 Å². The number of halogens is 4. The first kappa shape index (κ1) is 13.0. The molecule has 2 rings (SSSR count). The fourth-order valence-electron chi connectivity index (χ4n) is 1.42. The number of rotatable bonds is 3. The smallest absolute Gasteiger partial charge is 0.387 e. The van der Waals surface area contributed by atoms with Crippen molar-refractivity contribution in [2.45, 2.75) is 6.61 Å². The van der Waals surface area contributed by atoms with Gasteiger partial charge in [0.05, 0.1) is 12.6 Å². The van der Waals surface area contributed by atoms with Gasteiger partial charge in [-0.1, -0.05) is 11.6 Å². The van der Waals surface area contributed by atoms with E-state index >= 15 is 0 Å². The highest BCUT2D eigenvalue weighted by Gasteiger charge is 2.15. The van der Waals surface area contributed by atoms with E-state index in [0.717, 1.165) is 0 Å². The minimum atomic E-state index is -2.97. The largest absolute Gasteiger partial charge is 0.493 e. The molecular weight excluding hydrogens is 289 g/mol. The van der Waals surface area contributed by atoms with Crippen LogP contribution in [0.5, 0.6) is 11.5 Å². The molecule has 0 spiro atoms. The summed E-state index contributed by atoms with van der Waals surface area (Å²) in [7, 11) is 1.32. The van der Waals surface area contributed by atoms with Crippen molar-refractivity contribution in [1.29, 1.82) is 0 Å². The Labute approximate surface area is 110 Å². The predicted octanol–water partition coefficient (Wildman–Crippen LogP) is 3.55. The molecule has 0 amide bonds. The Balaban J connectivity index is 2.65. The number of benzene rings is 1. The maximum atomic E-state index is 12.2. The fraction of sp³-hybridized carbons (Fsp3) is 0.200. The minimum absolute atomic E-state index is 0.0444. The highest BCUT2D eigenvalue weighted by Crippen LogP contribution is 2.35. The molecule has 96 valence electrons. The van der Waals surface area contributed by atoms with E-state index in [-0.39, 0.29) is 21.9 Å². The third kappa shape index (κ3) is 2.54. The molecule has 1 aromatic heterocycles. The summed E-state index contributed by atoms with van der Waals surface area (Å²) in [6.07, 6.45) is 0. The van der Waals surface area contributed by atoms with Gasteiger partial charge in [0.2, 0.25) is 5.28 Å². The van der Waals surface area contributed by atoms with Crippen molar-refractivity contribution in [3.05, 3.63) is 22.6 Å². The number of alkyl halides is 2. The van der Waals surface area contributed by atoms with Crippen LogP contribution in [-0.2, 0) is 0 Å². The molecule has 1 heterocycles. The third-order valence-electron chi connectivity index (χ3n) is 2.12. The van der Waals surface area contributed by atoms with Gasteiger partial charge in [-0.15, -0.1) is 0 Å².